The van der Waals surface area contributed by atoms with Crippen LogP contribution in [0.2, 0.25) is 0 Å². The Kier molecular flexibility index (Phi) is 2.14. The molecule has 5 heteroatoms. The van der Waals surface area contributed by atoms with Gasteiger partial charge in [0.05, 0.1) is 6.26 Å². The van der Waals surface area contributed by atoms with E-state index >= 15 is 0 Å². The Morgan fingerprint density at radius 3 is 2.42 bits per heavy atom. The maximum atomic E-state index is 11.9. The molecule has 1 aromatic rings. The number of furan rings is 1. The number of aliphatic hydroxyl groups is 1. The Hall–Kier alpha value is -0.970. The molecule has 2 nitrogen and oxygen atoms in total. The van der Waals surface area contributed by atoms with Gasteiger partial charge in [0.2, 0.25) is 0 Å². The van der Waals surface area contributed by atoms with Crippen LogP contribution in [-0.4, -0.2) is 11.3 Å². The Morgan fingerprint density at radius 2 is 2.08 bits per heavy atom. The van der Waals surface area contributed by atoms with Crippen molar-refractivity contribution in [2.75, 3.05) is 0 Å². The predicted octanol–water partition coefficient (Wildman–Crippen LogP) is 2.18. The highest BCUT2D eigenvalue weighted by atomic mass is 19.4. The van der Waals surface area contributed by atoms with E-state index in [1.165, 1.54) is 6.92 Å². The second-order valence-electron chi connectivity index (χ2n) is 2.38. The van der Waals surface area contributed by atoms with Gasteiger partial charge in [0, 0.05) is 5.56 Å². The Balaban J connectivity index is 2.92. The summed E-state index contributed by atoms with van der Waals surface area (Å²) < 4.78 is 40.3. The first-order valence-corrected chi connectivity index (χ1v) is 3.21. The highest BCUT2D eigenvalue weighted by molar-refractivity contribution is 5.19. The molecule has 1 heterocycles. The van der Waals surface area contributed by atoms with E-state index in [0.29, 0.717) is 0 Å². The normalized spacial score (nSPS) is 14.8. The topological polar surface area (TPSA) is 33.4 Å². The summed E-state index contributed by atoms with van der Waals surface area (Å²) >= 11 is 0. The molecule has 0 radical (unpaired) electrons. The molecule has 0 bridgehead atoms. The van der Waals surface area contributed by atoms with Crippen molar-refractivity contribution in [3.05, 3.63) is 23.7 Å². The molecule has 1 aromatic heterocycles. The van der Waals surface area contributed by atoms with Crippen LogP contribution in [0.5, 0.6) is 0 Å². The van der Waals surface area contributed by atoms with Crippen LogP contribution in [0.15, 0.2) is 16.7 Å². The number of rotatable bonds is 1. The molecule has 0 spiro atoms. The van der Waals surface area contributed by atoms with Crippen molar-refractivity contribution < 1.29 is 22.7 Å². The highest BCUT2D eigenvalue weighted by Crippen LogP contribution is 2.34. The molecule has 0 fully saturated rings. The van der Waals surface area contributed by atoms with Crippen molar-refractivity contribution in [1.82, 2.24) is 0 Å². The van der Waals surface area contributed by atoms with Crippen LogP contribution in [0.25, 0.3) is 0 Å². The Bertz CT molecular complexity index is 264. The van der Waals surface area contributed by atoms with Gasteiger partial charge in [-0.25, -0.2) is 0 Å². The minimum atomic E-state index is -4.63. The number of halogens is 3. The highest BCUT2D eigenvalue weighted by Gasteiger charge is 2.40. The van der Waals surface area contributed by atoms with Gasteiger partial charge in [0.15, 0.2) is 6.10 Å². The van der Waals surface area contributed by atoms with Crippen molar-refractivity contribution in [3.63, 3.8) is 0 Å². The van der Waals surface area contributed by atoms with Crippen LogP contribution in [0.1, 0.15) is 17.4 Å². The van der Waals surface area contributed by atoms with Gasteiger partial charge in [-0.3, -0.25) is 0 Å². The summed E-state index contributed by atoms with van der Waals surface area (Å²) in [7, 11) is 0. The molecule has 12 heavy (non-hydrogen) atoms. The van der Waals surface area contributed by atoms with Crippen LogP contribution in [-0.2, 0) is 0 Å². The third-order valence-corrected chi connectivity index (χ3v) is 1.50. The average molecular weight is 180 g/mol. The largest absolute Gasteiger partial charge is 0.469 e. The number of aliphatic hydroxyl groups excluding tert-OH is 1. The zero-order valence-electron chi connectivity index (χ0n) is 6.22. The van der Waals surface area contributed by atoms with E-state index in [0.717, 1.165) is 12.3 Å². The lowest BCUT2D eigenvalue weighted by molar-refractivity contribution is -0.207. The van der Waals surface area contributed by atoms with Gasteiger partial charge >= 0.3 is 6.18 Å². The van der Waals surface area contributed by atoms with Crippen molar-refractivity contribution in [3.8, 4) is 0 Å². The maximum absolute atomic E-state index is 11.9. The summed E-state index contributed by atoms with van der Waals surface area (Å²) in [6.45, 7) is 1.37. The monoisotopic (exact) mass is 180 g/mol. The number of hydrogen-bond acceptors (Lipinski definition) is 2. The second kappa shape index (κ2) is 2.82. The minimum Gasteiger partial charge on any atom is -0.469 e. The van der Waals surface area contributed by atoms with Crippen LogP contribution >= 0.6 is 0 Å². The van der Waals surface area contributed by atoms with E-state index in [9.17, 15) is 13.2 Å². The quantitative estimate of drug-likeness (QED) is 0.718. The predicted molar refractivity (Wildman–Crippen MR) is 34.5 cm³/mol. The van der Waals surface area contributed by atoms with E-state index in [1.807, 2.05) is 0 Å². The van der Waals surface area contributed by atoms with E-state index < -0.39 is 12.3 Å². The van der Waals surface area contributed by atoms with Crippen molar-refractivity contribution >= 4 is 0 Å². The SMILES string of the molecule is Cc1occc1C(O)C(F)(F)F. The average Bonchev–Trinajstić information content (AvgIpc) is 2.31. The molecule has 1 rings (SSSR count). The van der Waals surface area contributed by atoms with Crippen LogP contribution in [0, 0.1) is 6.92 Å². The molecule has 1 atom stereocenters. The Labute approximate surface area is 66.6 Å². The molecule has 0 amide bonds. The van der Waals surface area contributed by atoms with Gasteiger partial charge in [-0.1, -0.05) is 0 Å². The lowest BCUT2D eigenvalue weighted by Crippen LogP contribution is -2.20. The lowest BCUT2D eigenvalue weighted by atomic mass is 10.1. The van der Waals surface area contributed by atoms with Crippen LogP contribution in [0.4, 0.5) is 13.2 Å². The van der Waals surface area contributed by atoms with Gasteiger partial charge in [0.25, 0.3) is 0 Å². The maximum Gasteiger partial charge on any atom is 0.418 e. The molecule has 1 N–H and O–H groups in total. The van der Waals surface area contributed by atoms with Gasteiger partial charge < -0.3 is 9.52 Å². The smallest absolute Gasteiger partial charge is 0.418 e. The third-order valence-electron chi connectivity index (χ3n) is 1.50. The summed E-state index contributed by atoms with van der Waals surface area (Å²) in [6.07, 6.45) is -5.97. The third kappa shape index (κ3) is 1.61. The number of alkyl halides is 3. The fourth-order valence-corrected chi connectivity index (χ4v) is 0.855. The molecule has 0 aromatic carbocycles. The van der Waals surface area contributed by atoms with E-state index in [-0.39, 0.29) is 11.3 Å². The second-order valence-corrected chi connectivity index (χ2v) is 2.38. The summed E-state index contributed by atoms with van der Waals surface area (Å²) in [5.41, 5.74) is -0.234. The fraction of sp³-hybridized carbons (Fsp3) is 0.429. The van der Waals surface area contributed by atoms with E-state index in [2.05, 4.69) is 4.42 Å². The molecule has 0 aliphatic rings. The van der Waals surface area contributed by atoms with Crippen molar-refractivity contribution in [1.29, 1.82) is 0 Å². The first-order valence-electron chi connectivity index (χ1n) is 3.21. The van der Waals surface area contributed by atoms with Gasteiger partial charge in [-0.15, -0.1) is 0 Å². The van der Waals surface area contributed by atoms with E-state index in [1.54, 1.807) is 0 Å². The van der Waals surface area contributed by atoms with Crippen molar-refractivity contribution in [2.24, 2.45) is 0 Å². The molecular weight excluding hydrogens is 173 g/mol. The standard InChI is InChI=1S/C7H7F3O2/c1-4-5(2-3-12-4)6(11)7(8,9)10/h2-3,6,11H,1H3. The molecular formula is C7H7F3O2. The van der Waals surface area contributed by atoms with Crippen LogP contribution < -0.4 is 0 Å². The van der Waals surface area contributed by atoms with Crippen LogP contribution in [0.3, 0.4) is 0 Å². The first kappa shape index (κ1) is 9.12. The van der Waals surface area contributed by atoms with Gasteiger partial charge in [-0.2, -0.15) is 13.2 Å². The molecule has 1 unspecified atom stereocenters. The van der Waals surface area contributed by atoms with E-state index in [4.69, 9.17) is 5.11 Å². The van der Waals surface area contributed by atoms with Crippen molar-refractivity contribution in [2.45, 2.75) is 19.2 Å². The van der Waals surface area contributed by atoms with Gasteiger partial charge in [-0.05, 0) is 13.0 Å². The molecule has 0 aliphatic carbocycles. The minimum absolute atomic E-state index is 0.0832. The zero-order chi connectivity index (χ0) is 9.35. The fourth-order valence-electron chi connectivity index (χ4n) is 0.855. The zero-order valence-corrected chi connectivity index (χ0v) is 6.22. The summed E-state index contributed by atoms with van der Waals surface area (Å²) in [5, 5.41) is 8.74. The summed E-state index contributed by atoms with van der Waals surface area (Å²) in [5.74, 6) is 0.0832. The molecule has 0 aliphatic heterocycles. The summed E-state index contributed by atoms with van der Waals surface area (Å²) in [4.78, 5) is 0. The first-order chi connectivity index (χ1) is 5.43. The molecule has 0 saturated heterocycles. The number of aryl methyl sites for hydroxylation is 1. The summed E-state index contributed by atoms with van der Waals surface area (Å²) in [6, 6.07) is 1.10. The number of hydrogen-bond donors (Lipinski definition) is 1. The van der Waals surface area contributed by atoms with Gasteiger partial charge in [0.1, 0.15) is 5.76 Å². The lowest BCUT2D eigenvalue weighted by Gasteiger charge is -2.12. The Morgan fingerprint density at radius 1 is 1.50 bits per heavy atom. The molecule has 68 valence electrons. The molecule has 0 saturated carbocycles.